The lowest BCUT2D eigenvalue weighted by Crippen LogP contribution is -2.28. The molecule has 4 nitrogen and oxygen atoms in total. The molecular formula is C12H12F3NO3S2. The molecule has 0 aliphatic heterocycles. The number of furan rings is 1. The smallest absolute Gasteiger partial charge is 0.390 e. The van der Waals surface area contributed by atoms with Gasteiger partial charge in [-0.1, -0.05) is 6.07 Å². The Morgan fingerprint density at radius 1 is 1.24 bits per heavy atom. The highest BCUT2D eigenvalue weighted by Crippen LogP contribution is 2.26. The molecule has 21 heavy (non-hydrogen) atoms. The standard InChI is InChI=1S/C12H12F3NO3S2/c13-12(14,15)5-7-21(17,18)16-8-9-3-4-10(19-9)11-2-1-6-20-11/h1-4,6,16H,5,7-8H2. The van der Waals surface area contributed by atoms with Gasteiger partial charge in [-0.05, 0) is 23.6 Å². The second-order valence-corrected chi connectivity index (χ2v) is 7.12. The molecule has 0 unspecified atom stereocenters. The highest BCUT2D eigenvalue weighted by molar-refractivity contribution is 7.89. The number of halogens is 3. The zero-order chi connectivity index (χ0) is 15.5. The predicted molar refractivity (Wildman–Crippen MR) is 73.3 cm³/mol. The minimum Gasteiger partial charge on any atom is -0.459 e. The number of rotatable bonds is 6. The summed E-state index contributed by atoms with van der Waals surface area (Å²) in [5.74, 6) is -0.0573. The summed E-state index contributed by atoms with van der Waals surface area (Å²) in [6.07, 6.45) is -5.87. The molecule has 0 saturated heterocycles. The van der Waals surface area contributed by atoms with Gasteiger partial charge in [-0.3, -0.25) is 0 Å². The number of sulfonamides is 1. The number of nitrogens with one attached hydrogen (secondary N) is 1. The third-order valence-corrected chi connectivity index (χ3v) is 4.76. The van der Waals surface area contributed by atoms with Crippen LogP contribution in [0.3, 0.4) is 0 Å². The van der Waals surface area contributed by atoms with E-state index in [1.165, 1.54) is 11.3 Å². The molecule has 0 saturated carbocycles. The molecule has 0 amide bonds. The van der Waals surface area contributed by atoms with E-state index >= 15 is 0 Å². The van der Waals surface area contributed by atoms with Crippen LogP contribution in [-0.2, 0) is 16.6 Å². The Hall–Kier alpha value is -1.32. The van der Waals surface area contributed by atoms with Crippen LogP contribution in [0.4, 0.5) is 13.2 Å². The molecule has 2 aromatic rings. The molecule has 116 valence electrons. The van der Waals surface area contributed by atoms with E-state index < -0.39 is 28.4 Å². The van der Waals surface area contributed by atoms with Crippen LogP contribution in [0.5, 0.6) is 0 Å². The summed E-state index contributed by atoms with van der Waals surface area (Å²) in [7, 11) is -3.98. The van der Waals surface area contributed by atoms with Crippen LogP contribution in [-0.4, -0.2) is 20.3 Å². The van der Waals surface area contributed by atoms with Gasteiger partial charge in [-0.15, -0.1) is 11.3 Å². The van der Waals surface area contributed by atoms with Gasteiger partial charge in [0.1, 0.15) is 11.5 Å². The van der Waals surface area contributed by atoms with Gasteiger partial charge in [-0.2, -0.15) is 13.2 Å². The van der Waals surface area contributed by atoms with Crippen molar-refractivity contribution < 1.29 is 26.0 Å². The Labute approximate surface area is 123 Å². The van der Waals surface area contributed by atoms with Crippen molar-refractivity contribution in [2.24, 2.45) is 0 Å². The molecule has 9 heteroatoms. The molecule has 0 fully saturated rings. The van der Waals surface area contributed by atoms with E-state index in [1.807, 2.05) is 17.5 Å². The molecule has 0 aromatic carbocycles. The van der Waals surface area contributed by atoms with Gasteiger partial charge in [0.15, 0.2) is 0 Å². The number of thiophene rings is 1. The number of hydrogen-bond acceptors (Lipinski definition) is 4. The minimum absolute atomic E-state index is 0.175. The van der Waals surface area contributed by atoms with Crippen molar-refractivity contribution in [2.75, 3.05) is 5.75 Å². The van der Waals surface area contributed by atoms with Crippen molar-refractivity contribution in [1.82, 2.24) is 4.72 Å². The Kier molecular flexibility index (Phi) is 4.74. The third-order valence-electron chi connectivity index (χ3n) is 2.55. The Morgan fingerprint density at radius 3 is 2.62 bits per heavy atom. The second-order valence-electron chi connectivity index (χ2n) is 4.25. The SMILES string of the molecule is O=S(=O)(CCC(F)(F)F)NCc1ccc(-c2cccs2)o1. The Morgan fingerprint density at radius 2 is 2.00 bits per heavy atom. The van der Waals surface area contributed by atoms with Crippen LogP contribution in [0.1, 0.15) is 12.2 Å². The maximum absolute atomic E-state index is 12.0. The van der Waals surface area contributed by atoms with Gasteiger partial charge in [0.05, 0.1) is 23.6 Å². The minimum atomic E-state index is -4.49. The van der Waals surface area contributed by atoms with E-state index in [1.54, 1.807) is 12.1 Å². The molecule has 0 aliphatic carbocycles. The maximum Gasteiger partial charge on any atom is 0.390 e. The third kappa shape index (κ3) is 5.18. The predicted octanol–water partition coefficient (Wildman–Crippen LogP) is 3.38. The summed E-state index contributed by atoms with van der Waals surface area (Å²) in [5.41, 5.74) is 0. The molecule has 0 aliphatic rings. The quantitative estimate of drug-likeness (QED) is 0.878. The van der Waals surface area contributed by atoms with Gasteiger partial charge >= 0.3 is 6.18 Å². The molecule has 0 bridgehead atoms. The molecule has 1 N–H and O–H groups in total. The first-order valence-corrected chi connectivity index (χ1v) is 8.45. The monoisotopic (exact) mass is 339 g/mol. The molecule has 0 spiro atoms. The normalized spacial score (nSPS) is 12.7. The van der Waals surface area contributed by atoms with Crippen LogP contribution in [0.25, 0.3) is 10.6 Å². The molecular weight excluding hydrogens is 327 g/mol. The lowest BCUT2D eigenvalue weighted by molar-refractivity contribution is -0.129. The Bertz CT molecular complexity index is 675. The lowest BCUT2D eigenvalue weighted by atomic mass is 10.3. The summed E-state index contributed by atoms with van der Waals surface area (Å²) >= 11 is 1.47. The first-order chi connectivity index (χ1) is 9.75. The van der Waals surface area contributed by atoms with Crippen LogP contribution >= 0.6 is 11.3 Å². The lowest BCUT2D eigenvalue weighted by Gasteiger charge is -2.07. The van der Waals surface area contributed by atoms with Crippen molar-refractivity contribution in [2.45, 2.75) is 19.1 Å². The zero-order valence-corrected chi connectivity index (χ0v) is 12.3. The van der Waals surface area contributed by atoms with Crippen LogP contribution in [0, 0.1) is 0 Å². The maximum atomic E-state index is 12.0. The van der Waals surface area contributed by atoms with Gasteiger partial charge < -0.3 is 4.42 Å². The highest BCUT2D eigenvalue weighted by Gasteiger charge is 2.29. The molecule has 0 radical (unpaired) electrons. The summed E-state index contributed by atoms with van der Waals surface area (Å²) < 4.78 is 66.4. The van der Waals surface area contributed by atoms with Gasteiger partial charge in [-0.25, -0.2) is 13.1 Å². The Balaban J connectivity index is 1.91. The average molecular weight is 339 g/mol. The number of hydrogen-bond donors (Lipinski definition) is 1. The fraction of sp³-hybridized carbons (Fsp3) is 0.333. The van der Waals surface area contributed by atoms with Crippen molar-refractivity contribution in [3.05, 3.63) is 35.4 Å². The van der Waals surface area contributed by atoms with Crippen LogP contribution < -0.4 is 4.72 Å². The van der Waals surface area contributed by atoms with Crippen molar-refractivity contribution >= 4 is 21.4 Å². The topological polar surface area (TPSA) is 59.3 Å². The van der Waals surface area contributed by atoms with Gasteiger partial charge in [0.25, 0.3) is 0 Å². The van der Waals surface area contributed by atoms with Crippen LogP contribution in [0.15, 0.2) is 34.1 Å². The summed E-state index contributed by atoms with van der Waals surface area (Å²) in [6.45, 7) is -0.175. The fourth-order valence-electron chi connectivity index (χ4n) is 1.53. The molecule has 2 rings (SSSR count). The molecule has 2 aromatic heterocycles. The zero-order valence-electron chi connectivity index (χ0n) is 10.7. The molecule has 0 atom stereocenters. The first-order valence-electron chi connectivity index (χ1n) is 5.92. The average Bonchev–Trinajstić information content (AvgIpc) is 3.04. The first kappa shape index (κ1) is 16.1. The van der Waals surface area contributed by atoms with Crippen LogP contribution in [0.2, 0.25) is 0 Å². The van der Waals surface area contributed by atoms with Crippen molar-refractivity contribution in [1.29, 1.82) is 0 Å². The van der Waals surface area contributed by atoms with E-state index in [4.69, 9.17) is 4.42 Å². The number of alkyl halides is 3. The fourth-order valence-corrected chi connectivity index (χ4v) is 3.22. The molecule has 2 heterocycles. The largest absolute Gasteiger partial charge is 0.459 e. The summed E-state index contributed by atoms with van der Waals surface area (Å²) in [4.78, 5) is 0.890. The summed E-state index contributed by atoms with van der Waals surface area (Å²) in [5, 5.41) is 1.87. The van der Waals surface area contributed by atoms with E-state index in [0.29, 0.717) is 11.5 Å². The van der Waals surface area contributed by atoms with E-state index in [2.05, 4.69) is 4.72 Å². The van der Waals surface area contributed by atoms with E-state index in [0.717, 1.165) is 4.88 Å². The van der Waals surface area contributed by atoms with E-state index in [-0.39, 0.29) is 6.54 Å². The summed E-state index contributed by atoms with van der Waals surface area (Å²) in [6, 6.07) is 6.97. The van der Waals surface area contributed by atoms with Gasteiger partial charge in [0.2, 0.25) is 10.0 Å². The van der Waals surface area contributed by atoms with Gasteiger partial charge in [0, 0.05) is 0 Å². The second kappa shape index (κ2) is 6.20. The van der Waals surface area contributed by atoms with Crippen molar-refractivity contribution in [3.63, 3.8) is 0 Å². The van der Waals surface area contributed by atoms with E-state index in [9.17, 15) is 21.6 Å². The highest BCUT2D eigenvalue weighted by atomic mass is 32.2. The van der Waals surface area contributed by atoms with Crippen molar-refractivity contribution in [3.8, 4) is 10.6 Å².